The van der Waals surface area contributed by atoms with E-state index in [1.807, 2.05) is 0 Å². The van der Waals surface area contributed by atoms with Gasteiger partial charge in [-0.05, 0) is 25.4 Å². The van der Waals surface area contributed by atoms with E-state index in [0.29, 0.717) is 0 Å². The average Bonchev–Trinajstić information content (AvgIpc) is 1.64. The van der Waals surface area contributed by atoms with Crippen LogP contribution in [0.2, 0.25) is 0 Å². The van der Waals surface area contributed by atoms with Gasteiger partial charge in [-0.3, -0.25) is 0 Å². The van der Waals surface area contributed by atoms with Gasteiger partial charge in [0.25, 0.3) is 0 Å². The second kappa shape index (κ2) is 2.21. The van der Waals surface area contributed by atoms with Crippen molar-refractivity contribution in [2.75, 3.05) is 0 Å². The third-order valence-corrected chi connectivity index (χ3v) is 1.51. The summed E-state index contributed by atoms with van der Waals surface area (Å²) in [4.78, 5) is 9.91. The Morgan fingerprint density at radius 1 is 1.44 bits per heavy atom. The summed E-state index contributed by atoms with van der Waals surface area (Å²) >= 11 is 4.56. The van der Waals surface area contributed by atoms with E-state index in [1.165, 1.54) is 0 Å². The maximum atomic E-state index is 12.0. The van der Waals surface area contributed by atoms with Crippen LogP contribution < -0.4 is 0 Å². The lowest BCUT2D eigenvalue weighted by atomic mass is 9.97. The van der Waals surface area contributed by atoms with E-state index in [9.17, 15) is 13.6 Å². The van der Waals surface area contributed by atoms with Crippen LogP contribution in [0, 0.1) is 5.41 Å². The normalized spacial score (nSPS) is 13.4. The van der Waals surface area contributed by atoms with Gasteiger partial charge in [0.05, 0.1) is 5.41 Å². The molecule has 0 rings (SSSR count). The Hall–Kier alpha value is -0.180. The highest BCUT2D eigenvalue weighted by atomic mass is 35.5. The first kappa shape index (κ1) is 8.82. The molecule has 0 aromatic heterocycles. The summed E-state index contributed by atoms with van der Waals surface area (Å²) in [6, 6.07) is 0. The second-order valence-electron chi connectivity index (χ2n) is 2.34. The molecule has 4 heteroatoms. The molecule has 0 aliphatic carbocycles. The molecule has 0 heterocycles. The number of carbonyl (C=O) groups is 1. The van der Waals surface area contributed by atoms with Crippen molar-refractivity contribution < 1.29 is 13.6 Å². The van der Waals surface area contributed by atoms with Gasteiger partial charge in [-0.25, -0.2) is 0 Å². The first-order chi connectivity index (χ1) is 3.81. The minimum absolute atomic E-state index is 0.139. The first-order valence-electron chi connectivity index (χ1n) is 2.34. The molecule has 0 aliphatic rings. The zero-order chi connectivity index (χ0) is 7.71. The first-order valence-corrected chi connectivity index (χ1v) is 2.72. The third kappa shape index (κ3) is 1.90. The number of hydrogen-bond donors (Lipinski definition) is 0. The predicted octanol–water partition coefficient (Wildman–Crippen LogP) is 2.04. The van der Waals surface area contributed by atoms with Crippen LogP contribution in [0.3, 0.4) is 0 Å². The van der Waals surface area contributed by atoms with Gasteiger partial charge in [0.15, 0.2) is 0 Å². The van der Waals surface area contributed by atoms with E-state index in [0.717, 1.165) is 13.8 Å². The van der Waals surface area contributed by atoms with Gasteiger partial charge in [0, 0.05) is 0 Å². The number of halogens is 3. The molecule has 0 N–H and O–H groups in total. The molecule has 0 atom stereocenters. The van der Waals surface area contributed by atoms with Gasteiger partial charge in [-0.15, -0.1) is 0 Å². The predicted molar refractivity (Wildman–Crippen MR) is 30.6 cm³/mol. The number of rotatable bonds is 2. The van der Waals surface area contributed by atoms with E-state index in [-0.39, 0.29) is 6.29 Å². The summed E-state index contributed by atoms with van der Waals surface area (Å²) in [6.07, 6.45) is 0.139. The van der Waals surface area contributed by atoms with Crippen molar-refractivity contribution in [3.05, 3.63) is 0 Å². The molecule has 0 saturated heterocycles. The molecule has 0 bridgehead atoms. The van der Waals surface area contributed by atoms with E-state index in [4.69, 9.17) is 0 Å². The topological polar surface area (TPSA) is 17.1 Å². The summed E-state index contributed by atoms with van der Waals surface area (Å²) in [5.74, 6) is 0. The number of carbonyl (C=O) groups excluding carboxylic acids is 1. The van der Waals surface area contributed by atoms with E-state index < -0.39 is 10.8 Å². The number of hydrogen-bond acceptors (Lipinski definition) is 1. The van der Waals surface area contributed by atoms with Crippen molar-refractivity contribution >= 4 is 17.9 Å². The van der Waals surface area contributed by atoms with Gasteiger partial charge in [0.2, 0.25) is 0 Å². The van der Waals surface area contributed by atoms with Gasteiger partial charge in [-0.1, -0.05) is 0 Å². The molecular formula is C5H7ClF2O. The summed E-state index contributed by atoms with van der Waals surface area (Å²) in [6.45, 7) is 2.15. The van der Waals surface area contributed by atoms with Crippen molar-refractivity contribution in [2.24, 2.45) is 5.41 Å². The molecule has 54 valence electrons. The highest BCUT2D eigenvalue weighted by Crippen LogP contribution is 2.37. The van der Waals surface area contributed by atoms with Crippen LogP contribution in [0.1, 0.15) is 13.8 Å². The third-order valence-electron chi connectivity index (χ3n) is 1.03. The molecular weight excluding hydrogens is 150 g/mol. The van der Waals surface area contributed by atoms with Gasteiger partial charge >= 0.3 is 5.38 Å². The van der Waals surface area contributed by atoms with Crippen LogP contribution in [-0.2, 0) is 4.79 Å². The Balaban J connectivity index is 4.32. The fourth-order valence-electron chi connectivity index (χ4n) is 0.0668. The van der Waals surface area contributed by atoms with E-state index in [2.05, 4.69) is 11.6 Å². The molecule has 0 spiro atoms. The number of aldehydes is 1. The molecule has 0 aliphatic heterocycles. The Morgan fingerprint density at radius 2 is 1.78 bits per heavy atom. The number of alkyl halides is 3. The molecule has 0 unspecified atom stereocenters. The Morgan fingerprint density at radius 3 is 1.78 bits per heavy atom. The molecule has 0 fully saturated rings. The van der Waals surface area contributed by atoms with Crippen LogP contribution in [0.5, 0.6) is 0 Å². The van der Waals surface area contributed by atoms with Crippen molar-refractivity contribution in [3.8, 4) is 0 Å². The molecule has 0 amide bonds. The van der Waals surface area contributed by atoms with Gasteiger partial charge in [0.1, 0.15) is 6.29 Å². The Bertz CT molecular complexity index is 117. The van der Waals surface area contributed by atoms with Crippen molar-refractivity contribution in [1.29, 1.82) is 0 Å². The lowest BCUT2D eigenvalue weighted by molar-refractivity contribution is -0.125. The summed E-state index contributed by atoms with van der Waals surface area (Å²) in [5, 5.41) is -3.45. The van der Waals surface area contributed by atoms with Gasteiger partial charge < -0.3 is 4.79 Å². The lowest BCUT2D eigenvalue weighted by Gasteiger charge is -2.21. The summed E-state index contributed by atoms with van der Waals surface area (Å²) in [7, 11) is 0. The molecule has 0 aromatic rings. The highest BCUT2D eigenvalue weighted by molar-refractivity contribution is 6.23. The zero-order valence-corrected chi connectivity index (χ0v) is 5.88. The van der Waals surface area contributed by atoms with Gasteiger partial charge in [-0.2, -0.15) is 8.78 Å². The van der Waals surface area contributed by atoms with Crippen LogP contribution in [0.4, 0.5) is 8.78 Å². The maximum absolute atomic E-state index is 12.0. The smallest absolute Gasteiger partial charge is 0.302 e. The highest BCUT2D eigenvalue weighted by Gasteiger charge is 2.44. The molecule has 1 nitrogen and oxygen atoms in total. The lowest BCUT2D eigenvalue weighted by Crippen LogP contribution is -2.32. The van der Waals surface area contributed by atoms with E-state index in [1.54, 1.807) is 0 Å². The van der Waals surface area contributed by atoms with Crippen LogP contribution in [-0.4, -0.2) is 11.7 Å². The fourth-order valence-corrected chi connectivity index (χ4v) is 0.111. The molecule has 0 radical (unpaired) electrons. The van der Waals surface area contributed by atoms with Crippen molar-refractivity contribution in [3.63, 3.8) is 0 Å². The SMILES string of the molecule is CC(C)(C=O)C(F)(F)Cl. The summed E-state index contributed by atoms with van der Waals surface area (Å²) < 4.78 is 24.1. The molecule has 0 saturated carbocycles. The fraction of sp³-hybridized carbons (Fsp3) is 0.800. The largest absolute Gasteiger partial charge is 0.333 e. The second-order valence-corrected chi connectivity index (χ2v) is 2.81. The monoisotopic (exact) mass is 156 g/mol. The quantitative estimate of drug-likeness (QED) is 0.442. The summed E-state index contributed by atoms with van der Waals surface area (Å²) in [5.41, 5.74) is -1.77. The maximum Gasteiger partial charge on any atom is 0.333 e. The Kier molecular flexibility index (Phi) is 2.17. The van der Waals surface area contributed by atoms with Crippen LogP contribution >= 0.6 is 11.6 Å². The minimum Gasteiger partial charge on any atom is -0.302 e. The van der Waals surface area contributed by atoms with Crippen LogP contribution in [0.25, 0.3) is 0 Å². The zero-order valence-electron chi connectivity index (χ0n) is 5.12. The molecule has 9 heavy (non-hydrogen) atoms. The van der Waals surface area contributed by atoms with Crippen molar-refractivity contribution in [1.82, 2.24) is 0 Å². The van der Waals surface area contributed by atoms with E-state index >= 15 is 0 Å². The molecule has 0 aromatic carbocycles. The standard InChI is InChI=1S/C5H7ClF2O/c1-4(2,3-9)5(6,7)8/h3H,1-2H3. The van der Waals surface area contributed by atoms with Crippen LogP contribution in [0.15, 0.2) is 0 Å². The minimum atomic E-state index is -3.45. The Labute approximate surface area is 57.0 Å². The van der Waals surface area contributed by atoms with Crippen molar-refractivity contribution in [2.45, 2.75) is 19.2 Å². The average molecular weight is 157 g/mol.